The molecule has 0 aromatic heterocycles. The van der Waals surface area contributed by atoms with Gasteiger partial charge in [-0.1, -0.05) is 13.8 Å². The fourth-order valence-corrected chi connectivity index (χ4v) is 2.89. The molecule has 1 saturated heterocycles. The number of nitrogens with zero attached hydrogens (tertiary/aromatic N) is 1. The summed E-state index contributed by atoms with van der Waals surface area (Å²) in [5.41, 5.74) is 0.504. The lowest BCUT2D eigenvalue weighted by Crippen LogP contribution is -2.41. The van der Waals surface area contributed by atoms with Crippen molar-refractivity contribution in [1.29, 1.82) is 0 Å². The van der Waals surface area contributed by atoms with Crippen LogP contribution in [0.5, 0.6) is 0 Å². The van der Waals surface area contributed by atoms with E-state index in [0.717, 1.165) is 24.9 Å². The summed E-state index contributed by atoms with van der Waals surface area (Å²) >= 11 is 0. The normalized spacial score (nSPS) is 37.5. The van der Waals surface area contributed by atoms with E-state index in [-0.39, 0.29) is 5.91 Å². The Kier molecular flexibility index (Phi) is 1.90. The van der Waals surface area contributed by atoms with Gasteiger partial charge in [-0.05, 0) is 30.1 Å². The monoisotopic (exact) mass is 181 g/mol. The van der Waals surface area contributed by atoms with E-state index in [1.165, 1.54) is 12.8 Å². The van der Waals surface area contributed by atoms with E-state index in [0.29, 0.717) is 5.41 Å². The van der Waals surface area contributed by atoms with Crippen molar-refractivity contribution in [2.75, 3.05) is 13.1 Å². The van der Waals surface area contributed by atoms with Crippen LogP contribution < -0.4 is 0 Å². The zero-order valence-corrected chi connectivity index (χ0v) is 8.84. The molecule has 0 aromatic carbocycles. The highest BCUT2D eigenvalue weighted by molar-refractivity contribution is 5.73. The Bertz CT molecular complexity index is 236. The van der Waals surface area contributed by atoms with Gasteiger partial charge in [0, 0.05) is 20.0 Å². The molecule has 1 amide bonds. The number of piperidine rings is 1. The van der Waals surface area contributed by atoms with E-state index in [9.17, 15) is 4.79 Å². The molecule has 0 aromatic rings. The summed E-state index contributed by atoms with van der Waals surface area (Å²) in [5.74, 6) is 1.91. The molecule has 2 rings (SSSR count). The molecule has 2 heteroatoms. The molecule has 13 heavy (non-hydrogen) atoms. The highest BCUT2D eigenvalue weighted by Crippen LogP contribution is 2.61. The lowest BCUT2D eigenvalue weighted by atomic mass is 9.86. The fraction of sp³-hybridized carbons (Fsp3) is 0.909. The van der Waals surface area contributed by atoms with Gasteiger partial charge in [-0.25, -0.2) is 0 Å². The van der Waals surface area contributed by atoms with Gasteiger partial charge in [0.05, 0.1) is 0 Å². The number of hydrogen-bond donors (Lipinski definition) is 0. The molecule has 1 aliphatic carbocycles. The van der Waals surface area contributed by atoms with Crippen molar-refractivity contribution < 1.29 is 4.79 Å². The molecule has 2 nitrogen and oxygen atoms in total. The van der Waals surface area contributed by atoms with Gasteiger partial charge in [0.2, 0.25) is 5.91 Å². The van der Waals surface area contributed by atoms with Gasteiger partial charge >= 0.3 is 0 Å². The summed E-state index contributed by atoms with van der Waals surface area (Å²) in [4.78, 5) is 13.3. The van der Waals surface area contributed by atoms with Gasteiger partial charge in [-0.15, -0.1) is 0 Å². The Morgan fingerprint density at radius 1 is 1.54 bits per heavy atom. The summed E-state index contributed by atoms with van der Waals surface area (Å²) in [5, 5.41) is 0. The third kappa shape index (κ3) is 1.27. The summed E-state index contributed by atoms with van der Waals surface area (Å²) in [6.45, 7) is 8.29. The Balaban J connectivity index is 2.07. The third-order valence-corrected chi connectivity index (χ3v) is 4.11. The number of carbonyl (C=O) groups is 1. The van der Waals surface area contributed by atoms with Gasteiger partial charge in [0.25, 0.3) is 0 Å². The summed E-state index contributed by atoms with van der Waals surface area (Å²) < 4.78 is 0. The lowest BCUT2D eigenvalue weighted by molar-refractivity contribution is -0.131. The molecule has 1 aliphatic heterocycles. The van der Waals surface area contributed by atoms with Crippen LogP contribution in [0.15, 0.2) is 0 Å². The third-order valence-electron chi connectivity index (χ3n) is 4.11. The number of fused-ring (bicyclic) bond motifs is 1. The zero-order chi connectivity index (χ0) is 9.64. The smallest absolute Gasteiger partial charge is 0.219 e. The number of carbonyl (C=O) groups excluding carboxylic acids is 1. The standard InChI is InChI=1S/C11H19NO/c1-8(2)11-6-10(11)4-5-12(7-11)9(3)13/h8,10H,4-7H2,1-3H3. The van der Waals surface area contributed by atoms with Crippen molar-refractivity contribution >= 4 is 5.91 Å². The van der Waals surface area contributed by atoms with Crippen LogP contribution >= 0.6 is 0 Å². The molecular formula is C11H19NO. The van der Waals surface area contributed by atoms with Crippen LogP contribution in [0.4, 0.5) is 0 Å². The average molecular weight is 181 g/mol. The van der Waals surface area contributed by atoms with E-state index in [2.05, 4.69) is 13.8 Å². The Morgan fingerprint density at radius 3 is 2.77 bits per heavy atom. The molecule has 0 N–H and O–H groups in total. The quantitative estimate of drug-likeness (QED) is 0.605. The molecule has 0 bridgehead atoms. The molecular weight excluding hydrogens is 162 g/mol. The van der Waals surface area contributed by atoms with Gasteiger partial charge in [0.1, 0.15) is 0 Å². The molecule has 2 atom stereocenters. The minimum Gasteiger partial charge on any atom is -0.342 e. The maximum Gasteiger partial charge on any atom is 0.219 e. The SMILES string of the molecule is CC(=O)N1CCC2CC2(C(C)C)C1. The number of hydrogen-bond acceptors (Lipinski definition) is 1. The molecule has 2 aliphatic rings. The first-order chi connectivity index (χ1) is 6.06. The van der Waals surface area contributed by atoms with Crippen molar-refractivity contribution in [1.82, 2.24) is 4.90 Å². The molecule has 74 valence electrons. The highest BCUT2D eigenvalue weighted by Gasteiger charge is 2.58. The first-order valence-electron chi connectivity index (χ1n) is 5.32. The molecule has 2 unspecified atom stereocenters. The largest absolute Gasteiger partial charge is 0.342 e. The number of amides is 1. The van der Waals surface area contributed by atoms with E-state index in [1.54, 1.807) is 6.92 Å². The topological polar surface area (TPSA) is 20.3 Å². The number of likely N-dealkylation sites (tertiary alicyclic amines) is 1. The first kappa shape index (κ1) is 9.04. The van der Waals surface area contributed by atoms with Crippen LogP contribution in [0.25, 0.3) is 0 Å². The van der Waals surface area contributed by atoms with Gasteiger partial charge in [-0.3, -0.25) is 4.79 Å². The molecule has 1 saturated carbocycles. The Morgan fingerprint density at radius 2 is 2.23 bits per heavy atom. The predicted octanol–water partition coefficient (Wildman–Crippen LogP) is 1.90. The Labute approximate surface area is 80.3 Å². The molecule has 0 radical (unpaired) electrons. The van der Waals surface area contributed by atoms with Crippen LogP contribution in [-0.4, -0.2) is 23.9 Å². The summed E-state index contributed by atoms with van der Waals surface area (Å²) in [7, 11) is 0. The lowest BCUT2D eigenvalue weighted by Gasteiger charge is -2.34. The van der Waals surface area contributed by atoms with Crippen molar-refractivity contribution in [2.45, 2.75) is 33.6 Å². The van der Waals surface area contributed by atoms with Crippen molar-refractivity contribution in [2.24, 2.45) is 17.3 Å². The van der Waals surface area contributed by atoms with Crippen LogP contribution in [0.1, 0.15) is 33.6 Å². The second-order valence-electron chi connectivity index (χ2n) is 5.02. The predicted molar refractivity (Wildman–Crippen MR) is 52.2 cm³/mol. The van der Waals surface area contributed by atoms with Gasteiger partial charge < -0.3 is 4.90 Å². The van der Waals surface area contributed by atoms with Crippen molar-refractivity contribution in [3.8, 4) is 0 Å². The van der Waals surface area contributed by atoms with Crippen molar-refractivity contribution in [3.63, 3.8) is 0 Å². The van der Waals surface area contributed by atoms with Gasteiger partial charge in [-0.2, -0.15) is 0 Å². The minimum absolute atomic E-state index is 0.255. The summed E-state index contributed by atoms with van der Waals surface area (Å²) in [6.07, 6.45) is 2.59. The van der Waals surface area contributed by atoms with Crippen LogP contribution in [-0.2, 0) is 4.79 Å². The van der Waals surface area contributed by atoms with E-state index in [4.69, 9.17) is 0 Å². The van der Waals surface area contributed by atoms with E-state index < -0.39 is 0 Å². The average Bonchev–Trinajstić information content (AvgIpc) is 2.77. The maximum absolute atomic E-state index is 11.3. The van der Waals surface area contributed by atoms with Crippen LogP contribution in [0.3, 0.4) is 0 Å². The molecule has 2 fully saturated rings. The zero-order valence-electron chi connectivity index (χ0n) is 8.84. The van der Waals surface area contributed by atoms with E-state index >= 15 is 0 Å². The van der Waals surface area contributed by atoms with Crippen molar-refractivity contribution in [3.05, 3.63) is 0 Å². The molecule has 1 heterocycles. The second-order valence-corrected chi connectivity index (χ2v) is 5.02. The second kappa shape index (κ2) is 2.73. The Hall–Kier alpha value is -0.530. The maximum atomic E-state index is 11.3. The highest BCUT2D eigenvalue weighted by atomic mass is 16.2. The minimum atomic E-state index is 0.255. The van der Waals surface area contributed by atoms with Crippen LogP contribution in [0, 0.1) is 17.3 Å². The summed E-state index contributed by atoms with van der Waals surface area (Å²) in [6, 6.07) is 0. The fourth-order valence-electron chi connectivity index (χ4n) is 2.89. The van der Waals surface area contributed by atoms with Gasteiger partial charge in [0.15, 0.2) is 0 Å². The first-order valence-corrected chi connectivity index (χ1v) is 5.32. The van der Waals surface area contributed by atoms with Crippen LogP contribution in [0.2, 0.25) is 0 Å². The van der Waals surface area contributed by atoms with E-state index in [1.807, 2.05) is 4.90 Å². The molecule has 0 spiro atoms. The number of rotatable bonds is 1.